The van der Waals surface area contributed by atoms with Crippen LogP contribution in [0.15, 0.2) is 78.9 Å². The van der Waals surface area contributed by atoms with Crippen LogP contribution in [-0.4, -0.2) is 19.5 Å². The van der Waals surface area contributed by atoms with Crippen molar-refractivity contribution < 1.29 is 0 Å². The molecule has 2 aliphatic heterocycles. The van der Waals surface area contributed by atoms with Crippen molar-refractivity contribution in [2.24, 2.45) is 0 Å². The monoisotopic (exact) mass is 1020 g/mol. The van der Waals surface area contributed by atoms with E-state index in [-0.39, 0.29) is 55.9 Å². The van der Waals surface area contributed by atoms with Crippen molar-refractivity contribution in [1.82, 2.24) is 19.5 Å². The number of fused-ring (bicyclic) bond motifs is 8. The van der Waals surface area contributed by atoms with Crippen LogP contribution in [-0.2, 0) is 0 Å². The van der Waals surface area contributed by atoms with Crippen LogP contribution in [0.3, 0.4) is 0 Å². The summed E-state index contributed by atoms with van der Waals surface area (Å²) in [6.07, 6.45) is 7.44. The molecule has 2 aliphatic rings. The third-order valence-corrected chi connectivity index (χ3v) is 12.9. The zero-order chi connectivity index (χ0) is 42.3. The molecular formula is C44H18Cl12N4. The number of hydrogen-bond acceptors (Lipinski definition) is 2. The smallest absolute Gasteiger partial charge is 0.0837 e. The SMILES string of the molecule is Clc1cc(Cl)c(-c2c(-c3c(Cl)cc(Cl)cc3Cl)c3c(-c4c(Cl)cc(Cl)cc4Cl)c4nc(cc5ccc(cc6nc(cc2n3-c2c(Cl)cc(Cl)cc2Cl)C=C6)[nH]5)C=C4)c(Cl)c1. The summed E-state index contributed by atoms with van der Waals surface area (Å²) >= 11 is 84.2. The fraction of sp³-hybridized carbons (Fsp3) is 0. The molecule has 0 atom stereocenters. The Kier molecular flexibility index (Phi) is 11.7. The molecule has 0 saturated heterocycles. The van der Waals surface area contributed by atoms with E-state index in [0.717, 1.165) is 11.0 Å². The summed E-state index contributed by atoms with van der Waals surface area (Å²) < 4.78 is 1.82. The van der Waals surface area contributed by atoms with E-state index >= 15 is 0 Å². The van der Waals surface area contributed by atoms with Gasteiger partial charge in [0.15, 0.2) is 0 Å². The highest BCUT2D eigenvalue weighted by atomic mass is 35.5. The minimum atomic E-state index is 0.163. The first-order chi connectivity index (χ1) is 28.6. The van der Waals surface area contributed by atoms with Crippen LogP contribution in [0.25, 0.3) is 85.4 Å². The van der Waals surface area contributed by atoms with Crippen LogP contribution in [0.4, 0.5) is 0 Å². The van der Waals surface area contributed by atoms with E-state index in [0.29, 0.717) is 77.2 Å². The number of nitrogens with one attached hydrogen (secondary N) is 1. The lowest BCUT2D eigenvalue weighted by atomic mass is 9.92. The molecule has 3 aromatic heterocycles. The first kappa shape index (κ1) is 42.3. The molecule has 298 valence electrons. The summed E-state index contributed by atoms with van der Waals surface area (Å²) in [5, 5.41) is 2.56. The van der Waals surface area contributed by atoms with Crippen LogP contribution >= 0.6 is 139 Å². The maximum Gasteiger partial charge on any atom is 0.0837 e. The largest absolute Gasteiger partial charge is 0.355 e. The zero-order valence-corrected chi connectivity index (χ0v) is 38.8. The molecule has 0 radical (unpaired) electrons. The minimum Gasteiger partial charge on any atom is -0.355 e. The maximum atomic E-state index is 7.27. The molecule has 0 unspecified atom stereocenters. The van der Waals surface area contributed by atoms with Crippen molar-refractivity contribution in [2.45, 2.75) is 0 Å². The maximum absolute atomic E-state index is 7.27. The van der Waals surface area contributed by atoms with E-state index in [4.69, 9.17) is 149 Å². The number of aromatic amines is 1. The number of rotatable bonds is 4. The Balaban J connectivity index is 1.72. The Morgan fingerprint density at radius 2 is 0.750 bits per heavy atom. The number of halogens is 12. The van der Waals surface area contributed by atoms with Gasteiger partial charge in [-0.1, -0.05) is 139 Å². The Morgan fingerprint density at radius 1 is 0.367 bits per heavy atom. The first-order valence-corrected chi connectivity index (χ1v) is 22.0. The van der Waals surface area contributed by atoms with Crippen molar-refractivity contribution in [2.75, 3.05) is 0 Å². The van der Waals surface area contributed by atoms with Gasteiger partial charge in [0, 0.05) is 64.5 Å². The normalized spacial score (nSPS) is 12.2. The Morgan fingerprint density at radius 3 is 1.23 bits per heavy atom. The van der Waals surface area contributed by atoms with E-state index in [2.05, 4.69) is 4.98 Å². The van der Waals surface area contributed by atoms with Crippen LogP contribution in [0.2, 0.25) is 60.3 Å². The minimum absolute atomic E-state index is 0.163. The molecule has 9 rings (SSSR count). The molecule has 0 amide bonds. The molecule has 0 fully saturated rings. The number of benzene rings is 4. The van der Waals surface area contributed by atoms with Gasteiger partial charge in [-0.2, -0.15) is 0 Å². The summed E-state index contributed by atoms with van der Waals surface area (Å²) in [6, 6.07) is 22.2. The molecule has 1 N–H and O–H groups in total. The fourth-order valence-corrected chi connectivity index (χ4v) is 11.4. The van der Waals surface area contributed by atoms with Crippen LogP contribution in [0.5, 0.6) is 0 Å². The summed E-state index contributed by atoms with van der Waals surface area (Å²) in [6.45, 7) is 0. The van der Waals surface area contributed by atoms with Crippen molar-refractivity contribution in [3.8, 4) is 39.1 Å². The van der Waals surface area contributed by atoms with Gasteiger partial charge in [-0.25, -0.2) is 9.97 Å². The third kappa shape index (κ3) is 7.72. The Labute approximate surface area is 402 Å². The van der Waals surface area contributed by atoms with Crippen LogP contribution < -0.4 is 0 Å². The molecular weight excluding hydrogens is 1010 g/mol. The molecule has 0 spiro atoms. The van der Waals surface area contributed by atoms with Gasteiger partial charge in [-0.05, 0) is 103 Å². The predicted molar refractivity (Wildman–Crippen MR) is 260 cm³/mol. The zero-order valence-electron chi connectivity index (χ0n) is 29.7. The fourth-order valence-electron chi connectivity index (χ4n) is 7.36. The van der Waals surface area contributed by atoms with Gasteiger partial charge in [0.2, 0.25) is 0 Å². The van der Waals surface area contributed by atoms with Gasteiger partial charge in [0.1, 0.15) is 0 Å². The van der Waals surface area contributed by atoms with Crippen molar-refractivity contribution in [3.63, 3.8) is 0 Å². The first-order valence-electron chi connectivity index (χ1n) is 17.4. The average Bonchev–Trinajstić information content (AvgIpc) is 3.95. The van der Waals surface area contributed by atoms with E-state index in [9.17, 15) is 0 Å². The van der Waals surface area contributed by atoms with Gasteiger partial charge in [-0.15, -0.1) is 0 Å². The molecule has 16 heteroatoms. The third-order valence-electron chi connectivity index (χ3n) is 9.64. The predicted octanol–water partition coefficient (Wildman–Crippen LogP) is 19.0. The Bertz CT molecular complexity index is 3160. The van der Waals surface area contributed by atoms with Gasteiger partial charge in [-0.3, -0.25) is 0 Å². The molecule has 7 aromatic rings. The molecule has 0 saturated carbocycles. The van der Waals surface area contributed by atoms with Gasteiger partial charge >= 0.3 is 0 Å². The topological polar surface area (TPSA) is 46.5 Å². The van der Waals surface area contributed by atoms with Crippen LogP contribution in [0, 0.1) is 0 Å². The Hall–Kier alpha value is -3.04. The van der Waals surface area contributed by atoms with E-state index in [1.165, 1.54) is 0 Å². The lowest BCUT2D eigenvalue weighted by Crippen LogP contribution is -2.00. The summed E-state index contributed by atoms with van der Waals surface area (Å²) in [7, 11) is 0. The van der Waals surface area contributed by atoms with E-state index in [1.807, 2.05) is 59.2 Å². The summed E-state index contributed by atoms with van der Waals surface area (Å²) in [5.74, 6) is 0. The summed E-state index contributed by atoms with van der Waals surface area (Å²) in [5.41, 5.74) is 7.03. The van der Waals surface area contributed by atoms with E-state index in [1.54, 1.807) is 48.5 Å². The molecule has 8 bridgehead atoms. The van der Waals surface area contributed by atoms with Crippen LogP contribution in [0.1, 0.15) is 22.8 Å². The molecule has 4 nitrogen and oxygen atoms in total. The average molecular weight is 1030 g/mol. The second-order valence-corrected chi connectivity index (χ2v) is 18.5. The number of hydrogen-bond donors (Lipinski definition) is 1. The van der Waals surface area contributed by atoms with Crippen molar-refractivity contribution in [1.29, 1.82) is 0 Å². The van der Waals surface area contributed by atoms with Gasteiger partial charge in [0.25, 0.3) is 0 Å². The highest BCUT2D eigenvalue weighted by molar-refractivity contribution is 6.47. The lowest BCUT2D eigenvalue weighted by Gasteiger charge is -2.18. The standard InChI is InChI=1S/C44H18Cl12N4/c45-18-7-27(49)37(28(50)8-18)40-35-6-5-25(59-35)16-24-2-1-22(57-24)15-23-3-4-26(58-23)17-36-41(38-29(51)9-19(46)10-30(38)52)42(39-31(53)11-20(47)12-32(39)54)44(40)60(36)43-33(55)13-21(48)14-34(43)56/h1-17,57H. The lowest BCUT2D eigenvalue weighted by molar-refractivity contribution is 1.17. The molecule has 5 heterocycles. The van der Waals surface area contributed by atoms with Gasteiger partial charge in [0.05, 0.1) is 79.7 Å². The second kappa shape index (κ2) is 16.6. The van der Waals surface area contributed by atoms with Gasteiger partial charge < -0.3 is 9.55 Å². The molecule has 60 heavy (non-hydrogen) atoms. The molecule has 0 aliphatic carbocycles. The number of nitrogens with zero attached hydrogens (tertiary/aromatic N) is 3. The summed E-state index contributed by atoms with van der Waals surface area (Å²) in [4.78, 5) is 13.6. The molecule has 4 aromatic carbocycles. The highest BCUT2D eigenvalue weighted by Crippen LogP contribution is 2.56. The van der Waals surface area contributed by atoms with Crippen molar-refractivity contribution >= 4 is 186 Å². The number of H-pyrrole nitrogens is 1. The second-order valence-electron chi connectivity index (χ2n) is 13.5. The van der Waals surface area contributed by atoms with E-state index < -0.39 is 0 Å². The number of aromatic nitrogens is 4. The highest BCUT2D eigenvalue weighted by Gasteiger charge is 2.32. The van der Waals surface area contributed by atoms with Crippen molar-refractivity contribution in [3.05, 3.63) is 162 Å². The quantitative estimate of drug-likeness (QED) is 0.191.